The van der Waals surface area contributed by atoms with E-state index in [0.29, 0.717) is 6.04 Å². The topological polar surface area (TPSA) is 30.5 Å². The summed E-state index contributed by atoms with van der Waals surface area (Å²) in [5.74, 6) is 2.47. The van der Waals surface area contributed by atoms with Gasteiger partial charge in [0.1, 0.15) is 6.10 Å². The normalized spacial score (nSPS) is 26.3. The van der Waals surface area contributed by atoms with Crippen molar-refractivity contribution in [3.63, 3.8) is 0 Å². The minimum atomic E-state index is 0.232. The minimum Gasteiger partial charge on any atom is -0.493 e. The van der Waals surface area contributed by atoms with Crippen molar-refractivity contribution in [3.05, 3.63) is 23.8 Å². The van der Waals surface area contributed by atoms with E-state index in [1.807, 2.05) is 19.2 Å². The third kappa shape index (κ3) is 3.45. The van der Waals surface area contributed by atoms with Crippen LogP contribution in [0.5, 0.6) is 11.5 Å². The van der Waals surface area contributed by atoms with Gasteiger partial charge >= 0.3 is 0 Å². The smallest absolute Gasteiger partial charge is 0.161 e. The van der Waals surface area contributed by atoms with Gasteiger partial charge in [-0.15, -0.1) is 0 Å². The lowest BCUT2D eigenvalue weighted by Crippen LogP contribution is -2.45. The van der Waals surface area contributed by atoms with Crippen LogP contribution in [0.4, 0.5) is 0 Å². The molecule has 1 aliphatic carbocycles. The van der Waals surface area contributed by atoms with Gasteiger partial charge in [0, 0.05) is 6.04 Å². The summed E-state index contributed by atoms with van der Waals surface area (Å²) >= 11 is 0. The lowest BCUT2D eigenvalue weighted by Gasteiger charge is -2.36. The Morgan fingerprint density at radius 2 is 2.05 bits per heavy atom. The maximum absolute atomic E-state index is 6.28. The summed E-state index contributed by atoms with van der Waals surface area (Å²) < 4.78 is 11.7. The van der Waals surface area contributed by atoms with Gasteiger partial charge in [-0.05, 0) is 56.8 Å². The number of hydrogen-bond acceptors (Lipinski definition) is 3. The van der Waals surface area contributed by atoms with Crippen molar-refractivity contribution >= 4 is 0 Å². The van der Waals surface area contributed by atoms with Gasteiger partial charge < -0.3 is 14.8 Å². The summed E-state index contributed by atoms with van der Waals surface area (Å²) in [4.78, 5) is 0. The fourth-order valence-corrected chi connectivity index (χ4v) is 3.08. The molecule has 3 unspecified atom stereocenters. The molecule has 20 heavy (non-hydrogen) atoms. The summed E-state index contributed by atoms with van der Waals surface area (Å²) in [6.45, 7) is 4.34. The number of likely N-dealkylation sites (N-methyl/N-ethyl adjacent to an activating group) is 1. The fraction of sp³-hybridized carbons (Fsp3) is 0.647. The molecule has 1 saturated carbocycles. The molecule has 0 radical (unpaired) electrons. The van der Waals surface area contributed by atoms with Crippen LogP contribution < -0.4 is 14.8 Å². The molecular formula is C17H27NO2. The summed E-state index contributed by atoms with van der Waals surface area (Å²) in [5.41, 5.74) is 1.19. The molecule has 1 N–H and O–H groups in total. The van der Waals surface area contributed by atoms with Crippen LogP contribution in [0.1, 0.15) is 38.2 Å². The molecule has 2 rings (SSSR count). The van der Waals surface area contributed by atoms with E-state index < -0.39 is 0 Å². The number of methoxy groups -OCH3 is 1. The van der Waals surface area contributed by atoms with Crippen LogP contribution >= 0.6 is 0 Å². The van der Waals surface area contributed by atoms with Crippen molar-refractivity contribution in [2.24, 2.45) is 5.92 Å². The zero-order valence-electron chi connectivity index (χ0n) is 13.1. The summed E-state index contributed by atoms with van der Waals surface area (Å²) in [6.07, 6.45) is 5.08. The Balaban J connectivity index is 2.13. The predicted molar refractivity (Wildman–Crippen MR) is 82.6 cm³/mol. The van der Waals surface area contributed by atoms with E-state index in [-0.39, 0.29) is 6.10 Å². The number of rotatable bonds is 5. The number of nitrogens with one attached hydrogen (secondary N) is 1. The molecule has 0 spiro atoms. The lowest BCUT2D eigenvalue weighted by molar-refractivity contribution is 0.0855. The molecule has 112 valence electrons. The SMILES string of the molecule is CCC1CCC(NC)C(Oc2ccc(C)cc2OC)C1. The Hall–Kier alpha value is -1.22. The largest absolute Gasteiger partial charge is 0.493 e. The number of aryl methyl sites for hydroxylation is 1. The van der Waals surface area contributed by atoms with Crippen LogP contribution in [0.25, 0.3) is 0 Å². The molecule has 1 aromatic carbocycles. The van der Waals surface area contributed by atoms with Crippen LogP contribution in [-0.4, -0.2) is 26.3 Å². The molecule has 0 heterocycles. The van der Waals surface area contributed by atoms with Gasteiger partial charge in [0.05, 0.1) is 7.11 Å². The van der Waals surface area contributed by atoms with Gasteiger partial charge in [-0.3, -0.25) is 0 Å². The number of ether oxygens (including phenoxy) is 2. The highest BCUT2D eigenvalue weighted by atomic mass is 16.5. The van der Waals surface area contributed by atoms with Crippen molar-refractivity contribution in [3.8, 4) is 11.5 Å². The third-order valence-electron chi connectivity index (χ3n) is 4.45. The van der Waals surface area contributed by atoms with Gasteiger partial charge in [-0.25, -0.2) is 0 Å². The fourth-order valence-electron chi connectivity index (χ4n) is 3.08. The molecule has 1 aliphatic rings. The van der Waals surface area contributed by atoms with E-state index in [4.69, 9.17) is 9.47 Å². The third-order valence-corrected chi connectivity index (χ3v) is 4.45. The molecule has 0 saturated heterocycles. The molecule has 1 fully saturated rings. The van der Waals surface area contributed by atoms with Crippen LogP contribution in [0.3, 0.4) is 0 Å². The first kappa shape index (κ1) is 15.2. The quantitative estimate of drug-likeness (QED) is 0.893. The van der Waals surface area contributed by atoms with Crippen molar-refractivity contribution in [1.82, 2.24) is 5.32 Å². The first-order valence-electron chi connectivity index (χ1n) is 7.66. The van der Waals surface area contributed by atoms with E-state index in [9.17, 15) is 0 Å². The zero-order chi connectivity index (χ0) is 14.5. The van der Waals surface area contributed by atoms with Crippen molar-refractivity contribution in [2.75, 3.05) is 14.2 Å². The molecule has 3 heteroatoms. The van der Waals surface area contributed by atoms with Gasteiger partial charge in [0.15, 0.2) is 11.5 Å². The highest BCUT2D eigenvalue weighted by Crippen LogP contribution is 2.34. The maximum Gasteiger partial charge on any atom is 0.161 e. The first-order chi connectivity index (χ1) is 9.67. The second kappa shape index (κ2) is 6.98. The zero-order valence-corrected chi connectivity index (χ0v) is 13.1. The first-order valence-corrected chi connectivity index (χ1v) is 7.66. The average Bonchev–Trinajstić information content (AvgIpc) is 2.48. The molecular weight excluding hydrogens is 250 g/mol. The molecule has 0 aliphatic heterocycles. The minimum absolute atomic E-state index is 0.232. The Bertz CT molecular complexity index is 433. The van der Waals surface area contributed by atoms with E-state index in [1.165, 1.54) is 24.8 Å². The molecule has 3 atom stereocenters. The summed E-state index contributed by atoms with van der Waals surface area (Å²) in [5, 5.41) is 3.40. The van der Waals surface area contributed by atoms with Crippen LogP contribution in [0, 0.1) is 12.8 Å². The van der Waals surface area contributed by atoms with Crippen molar-refractivity contribution in [1.29, 1.82) is 0 Å². The van der Waals surface area contributed by atoms with Crippen LogP contribution in [0.15, 0.2) is 18.2 Å². The van der Waals surface area contributed by atoms with Gasteiger partial charge in [0.25, 0.3) is 0 Å². The van der Waals surface area contributed by atoms with E-state index in [2.05, 4.69) is 25.2 Å². The summed E-state index contributed by atoms with van der Waals surface area (Å²) in [6, 6.07) is 6.57. The van der Waals surface area contributed by atoms with E-state index in [1.54, 1.807) is 7.11 Å². The Morgan fingerprint density at radius 1 is 1.25 bits per heavy atom. The number of benzene rings is 1. The van der Waals surface area contributed by atoms with E-state index >= 15 is 0 Å². The van der Waals surface area contributed by atoms with Crippen molar-refractivity contribution < 1.29 is 9.47 Å². The highest BCUT2D eigenvalue weighted by molar-refractivity contribution is 5.42. The highest BCUT2D eigenvalue weighted by Gasteiger charge is 2.30. The molecule has 0 aromatic heterocycles. The molecule has 3 nitrogen and oxygen atoms in total. The van der Waals surface area contributed by atoms with Gasteiger partial charge in [-0.2, -0.15) is 0 Å². The Kier molecular flexibility index (Phi) is 5.30. The van der Waals surface area contributed by atoms with Crippen molar-refractivity contribution in [2.45, 2.75) is 51.7 Å². The number of hydrogen-bond donors (Lipinski definition) is 1. The van der Waals surface area contributed by atoms with Crippen LogP contribution in [-0.2, 0) is 0 Å². The second-order valence-electron chi connectivity index (χ2n) is 5.79. The van der Waals surface area contributed by atoms with Gasteiger partial charge in [-0.1, -0.05) is 19.4 Å². The standard InChI is InChI=1S/C17H27NO2/c1-5-13-7-8-14(18-3)16(11-13)20-15-9-6-12(2)10-17(15)19-4/h6,9-10,13-14,16,18H,5,7-8,11H2,1-4H3. The van der Waals surface area contributed by atoms with E-state index in [0.717, 1.165) is 23.8 Å². The summed E-state index contributed by atoms with van der Waals surface area (Å²) in [7, 11) is 3.73. The monoisotopic (exact) mass is 277 g/mol. The predicted octanol–water partition coefficient (Wildman–Crippen LogP) is 3.55. The molecule has 1 aromatic rings. The molecule has 0 amide bonds. The van der Waals surface area contributed by atoms with Gasteiger partial charge in [0.2, 0.25) is 0 Å². The Labute approximate surface area is 122 Å². The Morgan fingerprint density at radius 3 is 2.70 bits per heavy atom. The second-order valence-corrected chi connectivity index (χ2v) is 5.79. The maximum atomic E-state index is 6.28. The van der Waals surface area contributed by atoms with Crippen LogP contribution in [0.2, 0.25) is 0 Å². The molecule has 0 bridgehead atoms. The lowest BCUT2D eigenvalue weighted by atomic mass is 9.82. The average molecular weight is 277 g/mol.